The molecule has 0 aromatic heterocycles. The van der Waals surface area contributed by atoms with Crippen molar-refractivity contribution in [2.24, 2.45) is 17.8 Å². The van der Waals surface area contributed by atoms with E-state index in [1.165, 1.54) is 43.9 Å². The van der Waals surface area contributed by atoms with E-state index in [2.05, 4.69) is 25.7 Å². The average Bonchev–Trinajstić information content (AvgIpc) is 2.65. The number of hydrogen-bond donors (Lipinski definition) is 0. The molecule has 0 N–H and O–H groups in total. The first-order chi connectivity index (χ1) is 12.6. The fourth-order valence-corrected chi connectivity index (χ4v) is 4.83. The molecule has 3 rings (SSSR count). The summed E-state index contributed by atoms with van der Waals surface area (Å²) in [6.07, 6.45) is 14.3. The standard InChI is InChI=1S/C23H30F2O/c1-3-5-6-16-7-8-18-13-19(10-9-17(18)12-16)20-14-21(24)23(22(25)15-20)26-11-4-2/h4-6,14-19H,2-3,7-13H2,1H3/t16-,17-,18-,19?/m1/s1. The molecule has 1 aromatic rings. The summed E-state index contributed by atoms with van der Waals surface area (Å²) in [4.78, 5) is 0. The van der Waals surface area contributed by atoms with Crippen LogP contribution in [0.1, 0.15) is 63.4 Å². The van der Waals surface area contributed by atoms with Gasteiger partial charge in [0, 0.05) is 0 Å². The topological polar surface area (TPSA) is 9.23 Å². The van der Waals surface area contributed by atoms with Crippen molar-refractivity contribution in [3.63, 3.8) is 0 Å². The highest BCUT2D eigenvalue weighted by Gasteiger charge is 2.35. The van der Waals surface area contributed by atoms with Crippen molar-refractivity contribution in [1.29, 1.82) is 0 Å². The van der Waals surface area contributed by atoms with E-state index in [9.17, 15) is 8.78 Å². The number of rotatable bonds is 6. The van der Waals surface area contributed by atoms with Gasteiger partial charge in [-0.05, 0) is 86.3 Å². The second-order valence-corrected chi connectivity index (χ2v) is 7.85. The number of ether oxygens (including phenoxy) is 1. The van der Waals surface area contributed by atoms with Gasteiger partial charge in [0.15, 0.2) is 17.4 Å². The minimum atomic E-state index is -0.600. The second kappa shape index (κ2) is 8.83. The first-order valence-electron chi connectivity index (χ1n) is 10.0. The highest BCUT2D eigenvalue weighted by molar-refractivity contribution is 5.33. The van der Waals surface area contributed by atoms with Gasteiger partial charge < -0.3 is 4.74 Å². The Morgan fingerprint density at radius 3 is 2.46 bits per heavy atom. The normalized spacial score (nSPS) is 28.7. The van der Waals surface area contributed by atoms with Crippen LogP contribution in [0.25, 0.3) is 0 Å². The molecule has 26 heavy (non-hydrogen) atoms. The van der Waals surface area contributed by atoms with E-state index < -0.39 is 11.6 Å². The van der Waals surface area contributed by atoms with Crippen molar-refractivity contribution < 1.29 is 13.5 Å². The minimum Gasteiger partial charge on any atom is -0.483 e. The smallest absolute Gasteiger partial charge is 0.191 e. The molecule has 0 heterocycles. The average molecular weight is 360 g/mol. The van der Waals surface area contributed by atoms with Crippen LogP contribution in [0.2, 0.25) is 0 Å². The maximum Gasteiger partial charge on any atom is 0.191 e. The Morgan fingerprint density at radius 1 is 1.08 bits per heavy atom. The molecule has 0 amide bonds. The molecule has 2 aliphatic rings. The lowest BCUT2D eigenvalue weighted by Gasteiger charge is -2.42. The van der Waals surface area contributed by atoms with Crippen molar-refractivity contribution in [3.05, 3.63) is 54.1 Å². The monoisotopic (exact) mass is 360 g/mol. The molecule has 1 aromatic carbocycles. The lowest BCUT2D eigenvalue weighted by Crippen LogP contribution is -2.30. The lowest BCUT2D eigenvalue weighted by atomic mass is 9.64. The van der Waals surface area contributed by atoms with E-state index in [1.807, 2.05) is 0 Å². The van der Waals surface area contributed by atoms with Crippen LogP contribution >= 0.6 is 0 Å². The van der Waals surface area contributed by atoms with Crippen LogP contribution < -0.4 is 4.74 Å². The van der Waals surface area contributed by atoms with E-state index in [0.29, 0.717) is 5.92 Å². The van der Waals surface area contributed by atoms with E-state index in [-0.39, 0.29) is 18.3 Å². The molecule has 142 valence electrons. The van der Waals surface area contributed by atoms with Crippen LogP contribution in [0.15, 0.2) is 36.9 Å². The molecule has 2 aliphatic carbocycles. The van der Waals surface area contributed by atoms with Crippen LogP contribution in [-0.4, -0.2) is 6.61 Å². The van der Waals surface area contributed by atoms with Crippen LogP contribution in [-0.2, 0) is 0 Å². The maximum atomic E-state index is 14.3. The van der Waals surface area contributed by atoms with Crippen LogP contribution in [0.3, 0.4) is 0 Å². The van der Waals surface area contributed by atoms with E-state index in [0.717, 1.165) is 36.7 Å². The summed E-state index contributed by atoms with van der Waals surface area (Å²) >= 11 is 0. The summed E-state index contributed by atoms with van der Waals surface area (Å²) < 4.78 is 33.7. The zero-order valence-corrected chi connectivity index (χ0v) is 15.7. The highest BCUT2D eigenvalue weighted by Crippen LogP contribution is 2.48. The van der Waals surface area contributed by atoms with E-state index in [1.54, 1.807) is 0 Å². The summed E-state index contributed by atoms with van der Waals surface area (Å²) in [5.41, 5.74) is 0.789. The maximum absolute atomic E-state index is 14.3. The number of hydrogen-bond acceptors (Lipinski definition) is 1. The third-order valence-electron chi connectivity index (χ3n) is 6.14. The Bertz CT molecular complexity index is 629. The number of benzene rings is 1. The number of fused-ring (bicyclic) bond motifs is 1. The summed E-state index contributed by atoms with van der Waals surface area (Å²) in [5, 5.41) is 0. The Morgan fingerprint density at radius 2 is 1.77 bits per heavy atom. The summed E-state index contributed by atoms with van der Waals surface area (Å²) in [5.74, 6) is 0.972. The van der Waals surface area contributed by atoms with Crippen LogP contribution in [0, 0.1) is 29.4 Å². The molecular weight excluding hydrogens is 330 g/mol. The molecular formula is C23H30F2O. The number of halogens is 2. The first kappa shape index (κ1) is 19.1. The SMILES string of the molecule is C=CCOc1c(F)cc(C2CC[C@@H]3C[C@H](C=CCC)CC[C@@H]3C2)cc1F. The Balaban J connectivity index is 1.66. The van der Waals surface area contributed by atoms with Crippen molar-refractivity contribution >= 4 is 0 Å². The largest absolute Gasteiger partial charge is 0.483 e. The van der Waals surface area contributed by atoms with Gasteiger partial charge in [-0.2, -0.15) is 0 Å². The van der Waals surface area contributed by atoms with Crippen LogP contribution in [0.4, 0.5) is 8.78 Å². The molecule has 0 bridgehead atoms. The third-order valence-corrected chi connectivity index (χ3v) is 6.14. The summed E-state index contributed by atoms with van der Waals surface area (Å²) in [7, 11) is 0. The molecule has 0 saturated heterocycles. The van der Waals surface area contributed by atoms with Gasteiger partial charge >= 0.3 is 0 Å². The highest BCUT2D eigenvalue weighted by atomic mass is 19.1. The van der Waals surface area contributed by atoms with E-state index >= 15 is 0 Å². The zero-order chi connectivity index (χ0) is 18.5. The Hall–Kier alpha value is -1.64. The lowest BCUT2D eigenvalue weighted by molar-refractivity contribution is 0.133. The van der Waals surface area contributed by atoms with Gasteiger partial charge in [0.05, 0.1) is 0 Å². The minimum absolute atomic E-state index is 0.105. The summed E-state index contributed by atoms with van der Waals surface area (Å²) in [6, 6.07) is 2.95. The first-order valence-corrected chi connectivity index (χ1v) is 10.0. The van der Waals surface area contributed by atoms with Crippen molar-refractivity contribution in [2.75, 3.05) is 6.61 Å². The second-order valence-electron chi connectivity index (χ2n) is 7.85. The van der Waals surface area contributed by atoms with Crippen molar-refractivity contribution in [1.82, 2.24) is 0 Å². The van der Waals surface area contributed by atoms with Gasteiger partial charge in [0.1, 0.15) is 6.61 Å². The van der Waals surface area contributed by atoms with Gasteiger partial charge in [-0.1, -0.05) is 31.7 Å². The van der Waals surface area contributed by atoms with Crippen molar-refractivity contribution in [3.8, 4) is 5.75 Å². The third kappa shape index (κ3) is 4.36. The Kier molecular flexibility index (Phi) is 6.50. The molecule has 0 aliphatic heterocycles. The molecule has 2 saturated carbocycles. The van der Waals surface area contributed by atoms with Gasteiger partial charge in [-0.3, -0.25) is 0 Å². The van der Waals surface area contributed by atoms with Gasteiger partial charge in [0.25, 0.3) is 0 Å². The summed E-state index contributed by atoms with van der Waals surface area (Å²) in [6.45, 7) is 5.80. The van der Waals surface area contributed by atoms with Gasteiger partial charge in [-0.25, -0.2) is 8.78 Å². The van der Waals surface area contributed by atoms with E-state index in [4.69, 9.17) is 4.74 Å². The predicted molar refractivity (Wildman–Crippen MR) is 102 cm³/mol. The van der Waals surface area contributed by atoms with Gasteiger partial charge in [-0.15, -0.1) is 0 Å². The molecule has 2 fully saturated rings. The fraction of sp³-hybridized carbons (Fsp3) is 0.565. The van der Waals surface area contributed by atoms with Crippen molar-refractivity contribution in [2.45, 2.75) is 57.8 Å². The molecule has 3 heteroatoms. The zero-order valence-electron chi connectivity index (χ0n) is 15.7. The predicted octanol–water partition coefficient (Wildman–Crippen LogP) is 6.80. The molecule has 1 unspecified atom stereocenters. The molecule has 4 atom stereocenters. The van der Waals surface area contributed by atoms with Crippen LogP contribution in [0.5, 0.6) is 5.75 Å². The number of allylic oxidation sites excluding steroid dienone is 2. The molecule has 1 nitrogen and oxygen atoms in total. The fourth-order valence-electron chi connectivity index (χ4n) is 4.83. The van der Waals surface area contributed by atoms with Gasteiger partial charge in [0.2, 0.25) is 0 Å². The Labute approximate surface area is 156 Å². The molecule has 0 spiro atoms. The molecule has 0 radical (unpaired) electrons. The quantitative estimate of drug-likeness (QED) is 0.507.